The highest BCUT2D eigenvalue weighted by Crippen LogP contribution is 2.47. The summed E-state index contributed by atoms with van der Waals surface area (Å²) < 4.78 is 0. The van der Waals surface area contributed by atoms with Crippen LogP contribution in [0.2, 0.25) is 0 Å². The van der Waals surface area contributed by atoms with Crippen LogP contribution in [0, 0.1) is 0 Å². The van der Waals surface area contributed by atoms with Gasteiger partial charge in [-0.05, 0) is 101 Å². The Labute approximate surface area is 332 Å². The van der Waals surface area contributed by atoms with Crippen molar-refractivity contribution in [2.75, 3.05) is 4.90 Å². The third-order valence-electron chi connectivity index (χ3n) is 11.6. The molecule has 1 nitrogen and oxygen atoms in total. The average molecular weight is 724 g/mol. The highest BCUT2D eigenvalue weighted by Gasteiger charge is 2.21. The predicted octanol–water partition coefficient (Wildman–Crippen LogP) is 15.9. The molecule has 11 rings (SSSR count). The normalized spacial score (nSPS) is 11.5. The number of hydrogen-bond donors (Lipinski definition) is 0. The molecule has 57 heavy (non-hydrogen) atoms. The van der Waals surface area contributed by atoms with Crippen LogP contribution in [0.15, 0.2) is 224 Å². The molecule has 0 N–H and O–H groups in total. The summed E-state index contributed by atoms with van der Waals surface area (Å²) in [4.78, 5) is 2.48. The molecule has 0 bridgehead atoms. The number of hydrogen-bond acceptors (Lipinski definition) is 1. The molecule has 0 saturated heterocycles. The first kappa shape index (κ1) is 32.9. The van der Waals surface area contributed by atoms with Crippen LogP contribution < -0.4 is 4.90 Å². The highest BCUT2D eigenvalue weighted by molar-refractivity contribution is 6.17. The zero-order valence-electron chi connectivity index (χ0n) is 31.3. The van der Waals surface area contributed by atoms with Gasteiger partial charge in [-0.1, -0.05) is 200 Å². The van der Waals surface area contributed by atoms with Crippen LogP contribution in [-0.2, 0) is 0 Å². The van der Waals surface area contributed by atoms with Crippen molar-refractivity contribution in [3.05, 3.63) is 224 Å². The van der Waals surface area contributed by atoms with Crippen LogP contribution in [0.3, 0.4) is 0 Å². The van der Waals surface area contributed by atoms with Gasteiger partial charge in [0.25, 0.3) is 0 Å². The van der Waals surface area contributed by atoms with Crippen molar-refractivity contribution in [3.63, 3.8) is 0 Å². The third kappa shape index (κ3) is 5.55. The van der Waals surface area contributed by atoms with Gasteiger partial charge in [0, 0.05) is 16.5 Å². The fourth-order valence-electron chi connectivity index (χ4n) is 9.03. The topological polar surface area (TPSA) is 3.24 Å². The monoisotopic (exact) mass is 723 g/mol. The Balaban J connectivity index is 1.15. The van der Waals surface area contributed by atoms with Crippen molar-refractivity contribution >= 4 is 70.9 Å². The highest BCUT2D eigenvalue weighted by atomic mass is 15.1. The van der Waals surface area contributed by atoms with Gasteiger partial charge < -0.3 is 4.90 Å². The smallest absolute Gasteiger partial charge is 0.0546 e. The SMILES string of the molecule is c1ccc(-c2cccc3cccc(-c4ccc(N(c5ccc(-c6cccc7ccccc67)c6ccccc56)c5cc6ccccc6c6ccccc56)cc4)c23)cc1. The van der Waals surface area contributed by atoms with Crippen LogP contribution in [0.4, 0.5) is 17.1 Å². The molecule has 0 aliphatic carbocycles. The zero-order chi connectivity index (χ0) is 37.7. The Bertz CT molecular complexity index is 3280. The van der Waals surface area contributed by atoms with Crippen LogP contribution in [0.1, 0.15) is 0 Å². The van der Waals surface area contributed by atoms with Crippen molar-refractivity contribution in [1.29, 1.82) is 0 Å². The molecular formula is C56H37N. The molecule has 11 aromatic rings. The molecule has 266 valence electrons. The summed E-state index contributed by atoms with van der Waals surface area (Å²) in [5, 5.41) is 12.4. The molecule has 0 amide bonds. The Morgan fingerprint density at radius 2 is 0.737 bits per heavy atom. The molecule has 0 atom stereocenters. The first-order valence-corrected chi connectivity index (χ1v) is 19.7. The lowest BCUT2D eigenvalue weighted by Gasteiger charge is -2.29. The van der Waals surface area contributed by atoms with Gasteiger partial charge in [-0.2, -0.15) is 0 Å². The summed E-state index contributed by atoms with van der Waals surface area (Å²) in [6.07, 6.45) is 0. The summed E-state index contributed by atoms with van der Waals surface area (Å²) >= 11 is 0. The van der Waals surface area contributed by atoms with Gasteiger partial charge in [0.2, 0.25) is 0 Å². The van der Waals surface area contributed by atoms with Gasteiger partial charge in [-0.3, -0.25) is 0 Å². The number of benzene rings is 11. The van der Waals surface area contributed by atoms with E-state index in [0.717, 1.165) is 17.1 Å². The Kier molecular flexibility index (Phi) is 7.89. The van der Waals surface area contributed by atoms with Crippen LogP contribution >= 0.6 is 0 Å². The van der Waals surface area contributed by atoms with E-state index in [1.807, 2.05) is 0 Å². The summed E-state index contributed by atoms with van der Waals surface area (Å²) in [5.74, 6) is 0. The van der Waals surface area contributed by atoms with Crippen LogP contribution in [0.5, 0.6) is 0 Å². The molecule has 11 aromatic carbocycles. The molecule has 0 radical (unpaired) electrons. The third-order valence-corrected chi connectivity index (χ3v) is 11.6. The average Bonchev–Trinajstić information content (AvgIpc) is 3.29. The molecule has 0 saturated carbocycles. The van der Waals surface area contributed by atoms with Gasteiger partial charge in [0.05, 0.1) is 11.4 Å². The van der Waals surface area contributed by atoms with Gasteiger partial charge in [-0.15, -0.1) is 0 Å². The molecule has 0 unspecified atom stereocenters. The van der Waals surface area contributed by atoms with Gasteiger partial charge >= 0.3 is 0 Å². The Morgan fingerprint density at radius 1 is 0.246 bits per heavy atom. The summed E-state index contributed by atoms with van der Waals surface area (Å²) in [6, 6.07) is 82.1. The first-order chi connectivity index (χ1) is 28.3. The fourth-order valence-corrected chi connectivity index (χ4v) is 9.03. The van der Waals surface area contributed by atoms with E-state index in [2.05, 4.69) is 229 Å². The van der Waals surface area contributed by atoms with Gasteiger partial charge in [0.1, 0.15) is 0 Å². The summed E-state index contributed by atoms with van der Waals surface area (Å²) in [7, 11) is 0. The molecule has 1 heteroatoms. The number of nitrogens with zero attached hydrogens (tertiary/aromatic N) is 1. The molecule has 0 fully saturated rings. The van der Waals surface area contributed by atoms with Crippen molar-refractivity contribution in [3.8, 4) is 33.4 Å². The summed E-state index contributed by atoms with van der Waals surface area (Å²) in [6.45, 7) is 0. The van der Waals surface area contributed by atoms with E-state index >= 15 is 0 Å². The van der Waals surface area contributed by atoms with E-state index in [9.17, 15) is 0 Å². The zero-order valence-corrected chi connectivity index (χ0v) is 31.3. The van der Waals surface area contributed by atoms with E-state index in [1.54, 1.807) is 0 Å². The molecule has 0 spiro atoms. The maximum atomic E-state index is 2.48. The van der Waals surface area contributed by atoms with E-state index in [4.69, 9.17) is 0 Å². The Hall–Kier alpha value is -7.48. The Morgan fingerprint density at radius 3 is 1.46 bits per heavy atom. The number of rotatable bonds is 6. The quantitative estimate of drug-likeness (QED) is 0.154. The van der Waals surface area contributed by atoms with E-state index < -0.39 is 0 Å². The van der Waals surface area contributed by atoms with E-state index in [-0.39, 0.29) is 0 Å². The lowest BCUT2D eigenvalue weighted by Crippen LogP contribution is -2.11. The van der Waals surface area contributed by atoms with Crippen LogP contribution in [0.25, 0.3) is 87.2 Å². The second kappa shape index (κ2) is 13.7. The lowest BCUT2D eigenvalue weighted by molar-refractivity contribution is 1.32. The van der Waals surface area contributed by atoms with Gasteiger partial charge in [0.15, 0.2) is 0 Å². The molecule has 0 aromatic heterocycles. The van der Waals surface area contributed by atoms with Crippen molar-refractivity contribution in [2.45, 2.75) is 0 Å². The van der Waals surface area contributed by atoms with Crippen molar-refractivity contribution < 1.29 is 0 Å². The molecule has 0 aliphatic rings. The van der Waals surface area contributed by atoms with Crippen molar-refractivity contribution in [2.24, 2.45) is 0 Å². The standard InChI is InChI=1S/C56H37N/c1-2-15-39(16-3-1)46-28-13-20-41-21-14-29-47(56(41)46)40-31-33-43(34-32-40)57(55-37-42-18-5-7-23-45(42)49-24-8-11-27-53(49)55)54-36-35-51(50-25-9-10-26-52(50)54)48-30-12-19-38-17-4-6-22-44(38)48/h1-37H. The predicted molar refractivity (Wildman–Crippen MR) is 245 cm³/mol. The van der Waals surface area contributed by atoms with E-state index in [1.165, 1.54) is 87.2 Å². The van der Waals surface area contributed by atoms with Gasteiger partial charge in [-0.25, -0.2) is 0 Å². The minimum absolute atomic E-state index is 1.10. The number of anilines is 3. The lowest BCUT2D eigenvalue weighted by atomic mass is 9.91. The van der Waals surface area contributed by atoms with Crippen LogP contribution in [-0.4, -0.2) is 0 Å². The number of fused-ring (bicyclic) bond motifs is 6. The molecule has 0 heterocycles. The second-order valence-corrected chi connectivity index (χ2v) is 14.8. The maximum absolute atomic E-state index is 2.48. The molecule has 0 aliphatic heterocycles. The second-order valence-electron chi connectivity index (χ2n) is 14.8. The maximum Gasteiger partial charge on any atom is 0.0546 e. The fraction of sp³-hybridized carbons (Fsp3) is 0. The first-order valence-electron chi connectivity index (χ1n) is 19.7. The minimum Gasteiger partial charge on any atom is -0.309 e. The van der Waals surface area contributed by atoms with Crippen molar-refractivity contribution in [1.82, 2.24) is 0 Å². The molecular weight excluding hydrogens is 687 g/mol. The largest absolute Gasteiger partial charge is 0.309 e. The minimum atomic E-state index is 1.10. The van der Waals surface area contributed by atoms with E-state index in [0.29, 0.717) is 0 Å². The summed E-state index contributed by atoms with van der Waals surface area (Å²) in [5.41, 5.74) is 10.7.